The van der Waals surface area contributed by atoms with E-state index in [-0.39, 0.29) is 38.2 Å². The van der Waals surface area contributed by atoms with Gasteiger partial charge in [-0.1, -0.05) is 11.6 Å². The average molecular weight is 468 g/mol. The number of carbonyl (C=O) groups is 3. The Morgan fingerprint density at radius 2 is 1.87 bits per heavy atom. The lowest BCUT2D eigenvalue weighted by atomic mass is 10.1. The van der Waals surface area contributed by atoms with E-state index in [9.17, 15) is 22.8 Å². The maximum atomic E-state index is 13.1. The molecule has 1 heterocycles. The fraction of sp³-hybridized carbons (Fsp3) is 0.250. The smallest absolute Gasteiger partial charge is 0.337 e. The highest BCUT2D eigenvalue weighted by molar-refractivity contribution is 7.90. The van der Waals surface area contributed by atoms with Crippen LogP contribution in [0.1, 0.15) is 28.4 Å². The number of nitrogens with one attached hydrogen (secondary N) is 1. The van der Waals surface area contributed by atoms with Crippen LogP contribution in [0.5, 0.6) is 11.5 Å². The van der Waals surface area contributed by atoms with E-state index in [1.807, 2.05) is 0 Å². The van der Waals surface area contributed by atoms with Crippen LogP contribution >= 0.6 is 11.6 Å². The van der Waals surface area contributed by atoms with Crippen molar-refractivity contribution in [3.05, 3.63) is 46.0 Å². The number of benzene rings is 2. The first kappa shape index (κ1) is 22.6. The number of ether oxygens (including phenoxy) is 3. The van der Waals surface area contributed by atoms with Crippen molar-refractivity contribution in [2.45, 2.75) is 24.5 Å². The van der Waals surface area contributed by atoms with Crippen LogP contribution in [-0.2, 0) is 34.7 Å². The van der Waals surface area contributed by atoms with Crippen LogP contribution in [0.25, 0.3) is 0 Å². The molecule has 0 unspecified atom stereocenters. The lowest BCUT2D eigenvalue weighted by Gasteiger charge is -2.14. The number of halogens is 1. The van der Waals surface area contributed by atoms with Crippen molar-refractivity contribution in [3.63, 3.8) is 0 Å². The van der Waals surface area contributed by atoms with Crippen LogP contribution in [0.3, 0.4) is 0 Å². The Labute approximate surface area is 183 Å². The number of anilines is 1. The van der Waals surface area contributed by atoms with E-state index >= 15 is 0 Å². The van der Waals surface area contributed by atoms with Gasteiger partial charge in [0.1, 0.15) is 16.4 Å². The summed E-state index contributed by atoms with van der Waals surface area (Å²) in [5, 5.41) is 2.56. The van der Waals surface area contributed by atoms with Gasteiger partial charge >= 0.3 is 11.9 Å². The highest BCUT2D eigenvalue weighted by atomic mass is 35.5. The lowest BCUT2D eigenvalue weighted by molar-refractivity contribution is -0.144. The number of carbonyl (C=O) groups excluding carboxylic acids is 3. The van der Waals surface area contributed by atoms with Crippen molar-refractivity contribution in [1.82, 2.24) is 0 Å². The van der Waals surface area contributed by atoms with Crippen molar-refractivity contribution in [3.8, 4) is 11.5 Å². The number of aryl methyl sites for hydroxylation is 1. The summed E-state index contributed by atoms with van der Waals surface area (Å²) in [6.07, 6.45) is 0. The number of amides is 1. The van der Waals surface area contributed by atoms with Gasteiger partial charge in [0.05, 0.1) is 23.4 Å². The van der Waals surface area contributed by atoms with Gasteiger partial charge in [0.25, 0.3) is 5.91 Å². The summed E-state index contributed by atoms with van der Waals surface area (Å²) in [6.45, 7) is 2.27. The number of fused-ring (bicyclic) bond motifs is 2. The molecule has 1 aliphatic rings. The number of sulfone groups is 1. The third-order valence-corrected chi connectivity index (χ3v) is 6.30. The average Bonchev–Trinajstić information content (AvgIpc) is 2.79. The Morgan fingerprint density at radius 3 is 2.52 bits per heavy atom. The molecular weight excluding hydrogens is 450 g/mol. The quantitative estimate of drug-likeness (QED) is 0.680. The summed E-state index contributed by atoms with van der Waals surface area (Å²) in [4.78, 5) is 34.5. The fourth-order valence-corrected chi connectivity index (χ4v) is 4.88. The van der Waals surface area contributed by atoms with Gasteiger partial charge in [-0.2, -0.15) is 0 Å². The van der Waals surface area contributed by atoms with E-state index in [2.05, 4.69) is 14.8 Å². The zero-order valence-corrected chi connectivity index (χ0v) is 18.3. The van der Waals surface area contributed by atoms with Crippen molar-refractivity contribution in [2.75, 3.05) is 19.0 Å². The first-order chi connectivity index (χ1) is 14.5. The lowest BCUT2D eigenvalue weighted by Crippen LogP contribution is -2.20. The Balaban J connectivity index is 2.02. The summed E-state index contributed by atoms with van der Waals surface area (Å²) in [5.41, 5.74) is 0.897. The molecule has 0 aliphatic carbocycles. The van der Waals surface area contributed by atoms with Gasteiger partial charge in [-0.15, -0.1) is 0 Å². The third kappa shape index (κ3) is 4.80. The standard InChI is InChI=1S/C20H18ClNO8S/c1-10-4-12(20(25)28-3)6-16-18(10)30-19-13(9-31(16,26)27)5-14(7-15(19)21)22-17(24)8-29-11(2)23/h4-7H,8-9H2,1-3H3,(H,22,24). The third-order valence-electron chi connectivity index (χ3n) is 4.36. The molecular formula is C20H18ClNO8S. The van der Waals surface area contributed by atoms with Gasteiger partial charge in [-0.3, -0.25) is 9.59 Å². The number of methoxy groups -OCH3 is 1. The van der Waals surface area contributed by atoms with Gasteiger partial charge in [0, 0.05) is 18.2 Å². The molecule has 0 atom stereocenters. The maximum Gasteiger partial charge on any atom is 0.337 e. The molecule has 9 nitrogen and oxygen atoms in total. The van der Waals surface area contributed by atoms with Crippen LogP contribution in [0.15, 0.2) is 29.2 Å². The molecule has 3 rings (SSSR count). The first-order valence-electron chi connectivity index (χ1n) is 8.91. The molecule has 0 radical (unpaired) electrons. The van der Waals surface area contributed by atoms with Crippen molar-refractivity contribution >= 4 is 45.0 Å². The zero-order valence-electron chi connectivity index (χ0n) is 16.8. The summed E-state index contributed by atoms with van der Waals surface area (Å²) >= 11 is 6.32. The van der Waals surface area contributed by atoms with Gasteiger partial charge in [-0.25, -0.2) is 13.2 Å². The molecule has 2 aromatic rings. The number of hydrogen-bond acceptors (Lipinski definition) is 8. The van der Waals surface area contributed by atoms with Crippen molar-refractivity contribution in [1.29, 1.82) is 0 Å². The maximum absolute atomic E-state index is 13.1. The van der Waals surface area contributed by atoms with Crippen LogP contribution in [0.2, 0.25) is 5.02 Å². The van der Waals surface area contributed by atoms with Gasteiger partial charge in [0.15, 0.2) is 16.4 Å². The Bertz CT molecular complexity index is 1210. The minimum atomic E-state index is -3.94. The number of esters is 2. The molecule has 1 N–H and O–H groups in total. The largest absolute Gasteiger partial charge is 0.465 e. The van der Waals surface area contributed by atoms with Crippen molar-refractivity contribution < 1.29 is 37.0 Å². The molecule has 1 amide bonds. The molecule has 164 valence electrons. The molecule has 0 aromatic heterocycles. The Morgan fingerprint density at radius 1 is 1.16 bits per heavy atom. The van der Waals surface area contributed by atoms with Gasteiger partial charge < -0.3 is 19.5 Å². The molecule has 0 spiro atoms. The molecule has 2 aromatic carbocycles. The van der Waals surface area contributed by atoms with E-state index in [1.165, 1.54) is 38.3 Å². The van der Waals surface area contributed by atoms with E-state index in [4.69, 9.17) is 16.3 Å². The Hall–Kier alpha value is -3.11. The van der Waals surface area contributed by atoms with E-state index in [1.54, 1.807) is 6.92 Å². The second kappa shape index (κ2) is 8.56. The van der Waals surface area contributed by atoms with Gasteiger partial charge in [0.2, 0.25) is 0 Å². The van der Waals surface area contributed by atoms with Crippen molar-refractivity contribution in [2.24, 2.45) is 0 Å². The fourth-order valence-electron chi connectivity index (χ4n) is 3.03. The highest BCUT2D eigenvalue weighted by Crippen LogP contribution is 2.44. The molecule has 0 fully saturated rings. The van der Waals surface area contributed by atoms with Crippen LogP contribution in [-0.4, -0.2) is 40.0 Å². The van der Waals surface area contributed by atoms with E-state index in [0.717, 1.165) is 0 Å². The minimum Gasteiger partial charge on any atom is -0.465 e. The highest BCUT2D eigenvalue weighted by Gasteiger charge is 2.31. The number of hydrogen-bond donors (Lipinski definition) is 1. The predicted molar refractivity (Wildman–Crippen MR) is 110 cm³/mol. The number of rotatable bonds is 4. The predicted octanol–water partition coefficient (Wildman–Crippen LogP) is 3.02. The molecule has 0 saturated heterocycles. The van der Waals surface area contributed by atoms with Crippen LogP contribution in [0.4, 0.5) is 5.69 Å². The summed E-state index contributed by atoms with van der Waals surface area (Å²) in [7, 11) is -2.74. The topological polar surface area (TPSA) is 125 Å². The second-order valence-electron chi connectivity index (χ2n) is 6.75. The first-order valence-corrected chi connectivity index (χ1v) is 10.9. The zero-order chi connectivity index (χ0) is 22.9. The molecule has 0 saturated carbocycles. The van der Waals surface area contributed by atoms with Gasteiger partial charge in [-0.05, 0) is 36.8 Å². The SMILES string of the molecule is COC(=O)c1cc(C)c2c(c1)S(=O)(=O)Cc1cc(NC(=O)COC(C)=O)cc(Cl)c1O2. The van der Waals surface area contributed by atoms with Crippen LogP contribution in [0, 0.1) is 6.92 Å². The molecule has 31 heavy (non-hydrogen) atoms. The monoisotopic (exact) mass is 467 g/mol. The summed E-state index contributed by atoms with van der Waals surface area (Å²) in [6, 6.07) is 5.46. The molecule has 1 aliphatic heterocycles. The summed E-state index contributed by atoms with van der Waals surface area (Å²) in [5.74, 6) is -2.22. The minimum absolute atomic E-state index is 0.0555. The second-order valence-corrected chi connectivity index (χ2v) is 9.11. The molecule has 0 bridgehead atoms. The molecule has 11 heteroatoms. The van der Waals surface area contributed by atoms with E-state index < -0.39 is 40.0 Å². The summed E-state index contributed by atoms with van der Waals surface area (Å²) < 4.78 is 41.3. The Kier molecular flexibility index (Phi) is 6.23. The normalized spacial score (nSPS) is 13.7. The van der Waals surface area contributed by atoms with Crippen LogP contribution < -0.4 is 10.1 Å². The van der Waals surface area contributed by atoms with E-state index in [0.29, 0.717) is 5.56 Å².